The Morgan fingerprint density at radius 2 is 1.83 bits per heavy atom. The monoisotopic (exact) mass is 470 g/mol. The molecule has 5 aliphatic carbocycles. The first-order chi connectivity index (χ1) is 16.8. The van der Waals surface area contributed by atoms with Gasteiger partial charge in [-0.05, 0) is 113 Å². The molecule has 0 heterocycles. The molecule has 1 aromatic rings. The van der Waals surface area contributed by atoms with Crippen LogP contribution in [-0.2, 0) is 6.42 Å². The van der Waals surface area contributed by atoms with Gasteiger partial charge in [0.25, 0.3) is 0 Å². The first-order valence-corrected chi connectivity index (χ1v) is 14.6. The third kappa shape index (κ3) is 3.43. The van der Waals surface area contributed by atoms with Crippen LogP contribution in [0, 0.1) is 40.4 Å². The molecule has 0 bridgehead atoms. The molecule has 0 saturated heterocycles. The molecule has 1 spiro atoms. The summed E-state index contributed by atoms with van der Waals surface area (Å²) in [4.78, 5) is 0. The maximum atomic E-state index is 12.4. The molecular formula is C34H46O. The van der Waals surface area contributed by atoms with E-state index in [1.54, 1.807) is 5.57 Å². The van der Waals surface area contributed by atoms with Crippen molar-refractivity contribution in [3.8, 4) is 0 Å². The number of hydrogen-bond acceptors (Lipinski definition) is 1. The minimum Gasteiger partial charge on any atom is -0.389 e. The molecule has 1 heteroatoms. The Bertz CT molecular complexity index is 1050. The van der Waals surface area contributed by atoms with Crippen LogP contribution in [0.3, 0.4) is 0 Å². The van der Waals surface area contributed by atoms with E-state index < -0.39 is 5.60 Å². The van der Waals surface area contributed by atoms with Gasteiger partial charge in [0.05, 0.1) is 5.60 Å². The van der Waals surface area contributed by atoms with Crippen LogP contribution >= 0.6 is 0 Å². The molecule has 1 N–H and O–H groups in total. The molecule has 4 saturated carbocycles. The lowest BCUT2D eigenvalue weighted by Crippen LogP contribution is -2.55. The van der Waals surface area contributed by atoms with Crippen molar-refractivity contribution >= 4 is 0 Å². The van der Waals surface area contributed by atoms with E-state index in [-0.39, 0.29) is 10.8 Å². The highest BCUT2D eigenvalue weighted by Crippen LogP contribution is 2.74. The predicted molar refractivity (Wildman–Crippen MR) is 146 cm³/mol. The molecule has 6 rings (SSSR count). The normalized spacial score (nSPS) is 44.3. The summed E-state index contributed by atoms with van der Waals surface area (Å²) < 4.78 is 0. The third-order valence-electron chi connectivity index (χ3n) is 12.1. The lowest BCUT2D eigenvalue weighted by Gasteiger charge is -2.63. The summed E-state index contributed by atoms with van der Waals surface area (Å²) in [6, 6.07) is 10.9. The van der Waals surface area contributed by atoms with E-state index in [4.69, 9.17) is 0 Å². The first-order valence-electron chi connectivity index (χ1n) is 14.6. The van der Waals surface area contributed by atoms with E-state index in [2.05, 4.69) is 69.8 Å². The fraction of sp³-hybridized carbons (Fsp3) is 0.647. The van der Waals surface area contributed by atoms with Crippen molar-refractivity contribution in [2.45, 2.75) is 97.0 Å². The van der Waals surface area contributed by atoms with Crippen molar-refractivity contribution in [1.29, 1.82) is 0 Å². The molecule has 0 aliphatic heterocycles. The predicted octanol–water partition coefficient (Wildman–Crippen LogP) is 8.45. The van der Waals surface area contributed by atoms with E-state index in [0.717, 1.165) is 31.1 Å². The van der Waals surface area contributed by atoms with Gasteiger partial charge in [0.2, 0.25) is 0 Å². The summed E-state index contributed by atoms with van der Waals surface area (Å²) in [5.41, 5.74) is 6.12. The molecule has 0 unspecified atom stereocenters. The summed E-state index contributed by atoms with van der Waals surface area (Å²) in [6.07, 6.45) is 18.5. The Kier molecular flexibility index (Phi) is 5.76. The van der Waals surface area contributed by atoms with E-state index in [1.807, 2.05) is 0 Å². The molecule has 0 amide bonds. The molecule has 4 fully saturated rings. The van der Waals surface area contributed by atoms with Crippen LogP contribution in [0.2, 0.25) is 0 Å². The third-order valence-corrected chi connectivity index (χ3v) is 12.1. The second-order valence-electron chi connectivity index (χ2n) is 13.4. The fourth-order valence-corrected chi connectivity index (χ4v) is 10.1. The van der Waals surface area contributed by atoms with Gasteiger partial charge in [0.15, 0.2) is 0 Å². The fourth-order valence-electron chi connectivity index (χ4n) is 10.1. The van der Waals surface area contributed by atoms with Gasteiger partial charge in [0, 0.05) is 10.8 Å². The molecule has 0 radical (unpaired) electrons. The van der Waals surface area contributed by atoms with Crippen LogP contribution < -0.4 is 0 Å². The Morgan fingerprint density at radius 3 is 2.60 bits per heavy atom. The molecule has 188 valence electrons. The van der Waals surface area contributed by atoms with Crippen molar-refractivity contribution in [3.63, 3.8) is 0 Å². The molecular weight excluding hydrogens is 424 g/mol. The molecule has 1 nitrogen and oxygen atoms in total. The summed E-state index contributed by atoms with van der Waals surface area (Å²) in [7, 11) is 0. The zero-order valence-electron chi connectivity index (χ0n) is 22.4. The van der Waals surface area contributed by atoms with E-state index in [1.165, 1.54) is 68.1 Å². The van der Waals surface area contributed by atoms with Gasteiger partial charge < -0.3 is 5.11 Å². The van der Waals surface area contributed by atoms with Crippen LogP contribution in [0.5, 0.6) is 0 Å². The maximum Gasteiger partial charge on any atom is 0.0704 e. The summed E-state index contributed by atoms with van der Waals surface area (Å²) in [5.74, 6) is 3.05. The quantitative estimate of drug-likeness (QED) is 0.428. The van der Waals surface area contributed by atoms with Gasteiger partial charge >= 0.3 is 0 Å². The van der Waals surface area contributed by atoms with Gasteiger partial charge in [-0.3, -0.25) is 0 Å². The smallest absolute Gasteiger partial charge is 0.0704 e. The number of allylic oxidation sites excluding steroid dienone is 5. The number of rotatable bonds is 5. The summed E-state index contributed by atoms with van der Waals surface area (Å²) in [6.45, 7) is 11.6. The molecule has 5 aliphatic rings. The highest BCUT2D eigenvalue weighted by Gasteiger charge is 2.67. The second kappa shape index (κ2) is 8.47. The number of aliphatic hydroxyl groups is 1. The highest BCUT2D eigenvalue weighted by atomic mass is 16.3. The molecule has 35 heavy (non-hydrogen) atoms. The number of aryl methyl sites for hydroxylation is 1. The van der Waals surface area contributed by atoms with Crippen LogP contribution in [0.15, 0.2) is 65.8 Å². The SMILES string of the molecule is C=C(C)[C@H]1CC2=C(C)C=C[C@]34C[C@@H]([C@@]5(O)CCC[C@H]5CCc5ccccc5)C[C@@H]3CC[C@@H](C1)[C@]24C. The summed E-state index contributed by atoms with van der Waals surface area (Å²) in [5, 5.41) is 12.4. The van der Waals surface area contributed by atoms with Gasteiger partial charge in [-0.2, -0.15) is 0 Å². The standard InChI is InChI=1S/C34H46O/c1-23(2)26-19-28-14-15-29-21-30(22-33(29)18-16-24(3)31(20-26)32(28,33)4)34(35)17-8-11-27(34)13-12-25-9-6-5-7-10-25/h5-7,9-10,16,18,26-30,35H,1,8,11-15,17,19-22H2,2-4H3/t26-,27+,28+,29+,30+,32-,33+,34-/m1/s1. The van der Waals surface area contributed by atoms with Crippen molar-refractivity contribution < 1.29 is 5.11 Å². The van der Waals surface area contributed by atoms with Gasteiger partial charge in [-0.25, -0.2) is 0 Å². The van der Waals surface area contributed by atoms with Crippen molar-refractivity contribution in [1.82, 2.24) is 0 Å². The Hall–Kier alpha value is -1.60. The van der Waals surface area contributed by atoms with E-state index in [0.29, 0.717) is 17.8 Å². The maximum absolute atomic E-state index is 12.4. The molecule has 1 aromatic carbocycles. The average Bonchev–Trinajstić information content (AvgIpc) is 3.42. The first kappa shape index (κ1) is 23.8. The Labute approximate surface area is 213 Å². The average molecular weight is 471 g/mol. The minimum absolute atomic E-state index is 0.248. The zero-order chi connectivity index (χ0) is 24.4. The minimum atomic E-state index is -0.466. The Balaban J connectivity index is 1.29. The zero-order valence-corrected chi connectivity index (χ0v) is 22.4. The number of benzene rings is 1. The van der Waals surface area contributed by atoms with Crippen molar-refractivity contribution in [3.05, 3.63) is 71.3 Å². The van der Waals surface area contributed by atoms with Crippen LogP contribution in [0.1, 0.15) is 90.5 Å². The van der Waals surface area contributed by atoms with Gasteiger partial charge in [-0.15, -0.1) is 0 Å². The second-order valence-corrected chi connectivity index (χ2v) is 13.4. The highest BCUT2D eigenvalue weighted by molar-refractivity contribution is 5.44. The van der Waals surface area contributed by atoms with Crippen LogP contribution in [0.4, 0.5) is 0 Å². The van der Waals surface area contributed by atoms with Crippen molar-refractivity contribution in [2.75, 3.05) is 0 Å². The largest absolute Gasteiger partial charge is 0.389 e. The van der Waals surface area contributed by atoms with Gasteiger partial charge in [0.1, 0.15) is 0 Å². The Morgan fingerprint density at radius 1 is 1.06 bits per heavy atom. The van der Waals surface area contributed by atoms with Crippen LogP contribution in [-0.4, -0.2) is 10.7 Å². The van der Waals surface area contributed by atoms with Crippen molar-refractivity contribution in [2.24, 2.45) is 40.4 Å². The molecule has 0 aromatic heterocycles. The van der Waals surface area contributed by atoms with Gasteiger partial charge in [-0.1, -0.05) is 79.1 Å². The van der Waals surface area contributed by atoms with E-state index >= 15 is 0 Å². The van der Waals surface area contributed by atoms with Crippen LogP contribution in [0.25, 0.3) is 0 Å². The lowest BCUT2D eigenvalue weighted by molar-refractivity contribution is -0.0670. The molecule has 8 atom stereocenters. The lowest BCUT2D eigenvalue weighted by atomic mass is 9.41. The number of hydrogen-bond donors (Lipinski definition) is 1. The summed E-state index contributed by atoms with van der Waals surface area (Å²) >= 11 is 0. The van der Waals surface area contributed by atoms with E-state index in [9.17, 15) is 5.11 Å². The topological polar surface area (TPSA) is 20.2 Å².